The Bertz CT molecular complexity index is 483. The standard InChI is InChI=1S/C15H20N2OS/c1-2-15(7-8-16-11-15)14(18)17-9-10-19-13-6-4-3-5-12(13)17/h3-6,16H,2,7-11H2,1H3. The van der Waals surface area contributed by atoms with E-state index < -0.39 is 0 Å². The molecule has 1 saturated heterocycles. The number of carbonyl (C=O) groups excluding carboxylic acids is 1. The normalized spacial score (nSPS) is 26.3. The Hall–Kier alpha value is -1.00. The van der Waals surface area contributed by atoms with Gasteiger partial charge in [0, 0.05) is 23.7 Å². The first kappa shape index (κ1) is 13.0. The molecule has 0 aliphatic carbocycles. The van der Waals surface area contributed by atoms with Crippen molar-refractivity contribution in [1.29, 1.82) is 0 Å². The fraction of sp³-hybridized carbons (Fsp3) is 0.533. The molecule has 4 heteroatoms. The summed E-state index contributed by atoms with van der Waals surface area (Å²) in [7, 11) is 0. The van der Waals surface area contributed by atoms with Gasteiger partial charge in [-0.1, -0.05) is 19.1 Å². The third-order valence-corrected chi connectivity index (χ3v) is 5.39. The van der Waals surface area contributed by atoms with Crippen molar-refractivity contribution < 1.29 is 4.79 Å². The fourth-order valence-electron chi connectivity index (χ4n) is 3.05. The lowest BCUT2D eigenvalue weighted by Crippen LogP contribution is -2.47. The summed E-state index contributed by atoms with van der Waals surface area (Å²) < 4.78 is 0. The van der Waals surface area contributed by atoms with Gasteiger partial charge in [0.15, 0.2) is 0 Å². The third kappa shape index (κ3) is 2.17. The van der Waals surface area contributed by atoms with Crippen molar-refractivity contribution in [2.24, 2.45) is 5.41 Å². The highest BCUT2D eigenvalue weighted by molar-refractivity contribution is 7.99. The van der Waals surface area contributed by atoms with E-state index >= 15 is 0 Å². The topological polar surface area (TPSA) is 32.3 Å². The molecule has 0 radical (unpaired) electrons. The van der Waals surface area contributed by atoms with E-state index in [4.69, 9.17) is 0 Å². The van der Waals surface area contributed by atoms with Gasteiger partial charge in [-0.25, -0.2) is 0 Å². The Kier molecular flexibility index (Phi) is 3.54. The number of hydrogen-bond acceptors (Lipinski definition) is 3. The van der Waals surface area contributed by atoms with Gasteiger partial charge in [-0.05, 0) is 31.5 Å². The van der Waals surface area contributed by atoms with Crippen LogP contribution in [0.2, 0.25) is 0 Å². The number of fused-ring (bicyclic) bond motifs is 1. The summed E-state index contributed by atoms with van der Waals surface area (Å²) >= 11 is 1.85. The molecule has 102 valence electrons. The first-order valence-corrected chi connectivity index (χ1v) is 8.00. The molecule has 1 unspecified atom stereocenters. The van der Waals surface area contributed by atoms with Crippen LogP contribution in [-0.2, 0) is 4.79 Å². The minimum Gasteiger partial charge on any atom is -0.316 e. The molecule has 1 aromatic rings. The van der Waals surface area contributed by atoms with Crippen LogP contribution in [0.25, 0.3) is 0 Å². The van der Waals surface area contributed by atoms with E-state index in [0.29, 0.717) is 5.91 Å². The predicted octanol–water partition coefficient (Wildman–Crippen LogP) is 2.52. The predicted molar refractivity (Wildman–Crippen MR) is 79.7 cm³/mol. The van der Waals surface area contributed by atoms with Gasteiger partial charge in [0.1, 0.15) is 0 Å². The Morgan fingerprint density at radius 2 is 2.32 bits per heavy atom. The maximum absolute atomic E-state index is 13.0. The third-order valence-electron chi connectivity index (χ3n) is 4.35. The van der Waals surface area contributed by atoms with Gasteiger partial charge in [-0.2, -0.15) is 0 Å². The summed E-state index contributed by atoms with van der Waals surface area (Å²) in [4.78, 5) is 16.2. The van der Waals surface area contributed by atoms with Gasteiger partial charge in [-0.3, -0.25) is 4.79 Å². The Balaban J connectivity index is 1.93. The lowest BCUT2D eigenvalue weighted by molar-refractivity contribution is -0.127. The Morgan fingerprint density at radius 3 is 3.05 bits per heavy atom. The van der Waals surface area contributed by atoms with Crippen molar-refractivity contribution in [2.75, 3.05) is 30.3 Å². The molecule has 19 heavy (non-hydrogen) atoms. The second-order valence-electron chi connectivity index (χ2n) is 5.33. The molecule has 0 aromatic heterocycles. The van der Waals surface area contributed by atoms with Gasteiger partial charge >= 0.3 is 0 Å². The van der Waals surface area contributed by atoms with Crippen molar-refractivity contribution in [3.05, 3.63) is 24.3 Å². The number of benzene rings is 1. The van der Waals surface area contributed by atoms with Crippen LogP contribution >= 0.6 is 11.8 Å². The molecule has 1 atom stereocenters. The van der Waals surface area contributed by atoms with Crippen LogP contribution < -0.4 is 10.2 Å². The molecule has 1 amide bonds. The number of amides is 1. The van der Waals surface area contributed by atoms with E-state index in [1.807, 2.05) is 28.8 Å². The minimum atomic E-state index is -0.185. The lowest BCUT2D eigenvalue weighted by atomic mass is 9.82. The van der Waals surface area contributed by atoms with Crippen molar-refractivity contribution >= 4 is 23.4 Å². The molecule has 1 fully saturated rings. The maximum atomic E-state index is 13.0. The van der Waals surface area contributed by atoms with Crippen LogP contribution in [0, 0.1) is 5.41 Å². The summed E-state index contributed by atoms with van der Waals surface area (Å²) in [5, 5.41) is 3.36. The largest absolute Gasteiger partial charge is 0.316 e. The molecular formula is C15H20N2OS. The average molecular weight is 276 g/mol. The Morgan fingerprint density at radius 1 is 1.47 bits per heavy atom. The summed E-state index contributed by atoms with van der Waals surface area (Å²) in [6.07, 6.45) is 1.89. The first-order chi connectivity index (χ1) is 9.27. The molecule has 2 aliphatic heterocycles. The van der Waals surface area contributed by atoms with Gasteiger partial charge in [0.2, 0.25) is 5.91 Å². The summed E-state index contributed by atoms with van der Waals surface area (Å²) in [5.41, 5.74) is 0.915. The fourth-order valence-corrected chi connectivity index (χ4v) is 4.04. The zero-order chi connectivity index (χ0) is 13.3. The highest BCUT2D eigenvalue weighted by Crippen LogP contribution is 2.39. The molecule has 2 aliphatic rings. The average Bonchev–Trinajstić information content (AvgIpc) is 2.96. The molecule has 2 heterocycles. The van der Waals surface area contributed by atoms with Gasteiger partial charge < -0.3 is 10.2 Å². The second kappa shape index (κ2) is 5.17. The molecule has 1 aromatic carbocycles. The zero-order valence-electron chi connectivity index (χ0n) is 11.3. The van der Waals surface area contributed by atoms with E-state index in [2.05, 4.69) is 24.4 Å². The smallest absolute Gasteiger partial charge is 0.234 e. The number of thioether (sulfide) groups is 1. The van der Waals surface area contributed by atoms with E-state index in [1.165, 1.54) is 4.90 Å². The van der Waals surface area contributed by atoms with Crippen LogP contribution in [0.15, 0.2) is 29.2 Å². The number of carbonyl (C=O) groups is 1. The molecular weight excluding hydrogens is 256 g/mol. The maximum Gasteiger partial charge on any atom is 0.234 e. The van der Waals surface area contributed by atoms with Crippen molar-refractivity contribution in [1.82, 2.24) is 5.32 Å². The summed E-state index contributed by atoms with van der Waals surface area (Å²) in [6.45, 7) is 4.76. The molecule has 3 rings (SSSR count). The number of nitrogens with one attached hydrogen (secondary N) is 1. The van der Waals surface area contributed by atoms with E-state index in [1.54, 1.807) is 0 Å². The lowest BCUT2D eigenvalue weighted by Gasteiger charge is -2.36. The number of rotatable bonds is 2. The van der Waals surface area contributed by atoms with Gasteiger partial charge in [0.05, 0.1) is 11.1 Å². The van der Waals surface area contributed by atoms with Gasteiger partial charge in [-0.15, -0.1) is 11.8 Å². The zero-order valence-corrected chi connectivity index (χ0v) is 12.1. The van der Waals surface area contributed by atoms with Crippen LogP contribution in [-0.4, -0.2) is 31.3 Å². The number of anilines is 1. The Labute approximate surface area is 118 Å². The minimum absolute atomic E-state index is 0.185. The van der Waals surface area contributed by atoms with Crippen LogP contribution in [0.1, 0.15) is 19.8 Å². The van der Waals surface area contributed by atoms with E-state index in [0.717, 1.165) is 43.9 Å². The molecule has 0 saturated carbocycles. The number of para-hydroxylation sites is 1. The highest BCUT2D eigenvalue weighted by Gasteiger charge is 2.43. The second-order valence-corrected chi connectivity index (χ2v) is 6.47. The SMILES string of the molecule is CCC1(C(=O)N2CCSc3ccccc32)CCNC1. The quantitative estimate of drug-likeness (QED) is 0.901. The molecule has 0 spiro atoms. The van der Waals surface area contributed by atoms with Crippen LogP contribution in [0.3, 0.4) is 0 Å². The van der Waals surface area contributed by atoms with Gasteiger partial charge in [0.25, 0.3) is 0 Å². The molecule has 0 bridgehead atoms. The van der Waals surface area contributed by atoms with Crippen molar-refractivity contribution in [3.63, 3.8) is 0 Å². The van der Waals surface area contributed by atoms with Crippen LogP contribution in [0.5, 0.6) is 0 Å². The number of nitrogens with zero attached hydrogens (tertiary/aromatic N) is 1. The van der Waals surface area contributed by atoms with Crippen LogP contribution in [0.4, 0.5) is 5.69 Å². The van der Waals surface area contributed by atoms with Crippen molar-refractivity contribution in [3.8, 4) is 0 Å². The first-order valence-electron chi connectivity index (χ1n) is 7.01. The highest BCUT2D eigenvalue weighted by atomic mass is 32.2. The molecule has 3 nitrogen and oxygen atoms in total. The van der Waals surface area contributed by atoms with E-state index in [9.17, 15) is 4.79 Å². The van der Waals surface area contributed by atoms with E-state index in [-0.39, 0.29) is 5.41 Å². The monoisotopic (exact) mass is 276 g/mol. The molecule has 1 N–H and O–H groups in total. The summed E-state index contributed by atoms with van der Waals surface area (Å²) in [5.74, 6) is 1.31. The van der Waals surface area contributed by atoms with Crippen molar-refractivity contribution in [2.45, 2.75) is 24.7 Å². The summed E-state index contributed by atoms with van der Waals surface area (Å²) in [6, 6.07) is 8.26. The number of hydrogen-bond donors (Lipinski definition) is 1.